The summed E-state index contributed by atoms with van der Waals surface area (Å²) in [7, 11) is 0. The maximum absolute atomic E-state index is 9.00. The minimum Gasteiger partial charge on any atom is -0.481 e. The zero-order valence-corrected chi connectivity index (χ0v) is 5.37. The van der Waals surface area contributed by atoms with Gasteiger partial charge in [0.1, 0.15) is 0 Å². The van der Waals surface area contributed by atoms with Crippen molar-refractivity contribution < 1.29 is 44.0 Å². The molecule has 0 aromatic rings. The summed E-state index contributed by atoms with van der Waals surface area (Å²) in [5, 5.41) is 7.42. The fraction of sp³-hybridized carbons (Fsp3) is 0.500. The van der Waals surface area contributed by atoms with Gasteiger partial charge in [0.05, 0.1) is 0 Å². The number of hydrogen-bond donors (Lipinski definition) is 1. The normalized spacial score (nSPS) is 4.17. The molecule has 0 atom stereocenters. The van der Waals surface area contributed by atoms with Gasteiger partial charge in [-0.05, 0) is 0 Å². The molecule has 0 amide bonds. The van der Waals surface area contributed by atoms with Crippen LogP contribution in [0.1, 0.15) is 6.92 Å². The predicted octanol–water partition coefficient (Wildman–Crippen LogP) is 0.0859. The molecule has 1 radical (unpaired) electrons. The first kappa shape index (κ1) is 16.0. The van der Waals surface area contributed by atoms with Crippen molar-refractivity contribution >= 4 is 5.97 Å². The Morgan fingerprint density at radius 2 is 1.67 bits per heavy atom. The first-order valence-corrected chi connectivity index (χ1v) is 0.928. The van der Waals surface area contributed by atoms with Gasteiger partial charge >= 0.3 is 0 Å². The van der Waals surface area contributed by atoms with E-state index in [2.05, 4.69) is 0 Å². The largest absolute Gasteiger partial charge is 0.481 e. The molecule has 6 heavy (non-hydrogen) atoms. The standard InChI is InChI=1S/C2H4O2.Fe.Mn/c1-2(3)4;;/h1H3,(H,3,4);;. The number of aliphatic carboxylic acids is 1. The molecule has 2 nitrogen and oxygen atoms in total. The van der Waals surface area contributed by atoms with Gasteiger partial charge in [0.2, 0.25) is 0 Å². The average Bonchev–Trinajstić information content (AvgIpc) is 0.811. The van der Waals surface area contributed by atoms with E-state index in [1.54, 1.807) is 0 Å². The van der Waals surface area contributed by atoms with Crippen LogP contribution in [-0.4, -0.2) is 11.1 Å². The van der Waals surface area contributed by atoms with E-state index < -0.39 is 5.97 Å². The topological polar surface area (TPSA) is 37.3 Å². The van der Waals surface area contributed by atoms with Crippen LogP contribution in [0, 0.1) is 0 Å². The van der Waals surface area contributed by atoms with Crippen molar-refractivity contribution in [1.29, 1.82) is 0 Å². The molecule has 0 heterocycles. The minimum absolute atomic E-state index is 0. The summed E-state index contributed by atoms with van der Waals surface area (Å²) < 4.78 is 0. The van der Waals surface area contributed by atoms with Crippen LogP contribution in [0.15, 0.2) is 0 Å². The molecule has 0 unspecified atom stereocenters. The maximum Gasteiger partial charge on any atom is 0.300 e. The van der Waals surface area contributed by atoms with Crippen LogP contribution >= 0.6 is 0 Å². The van der Waals surface area contributed by atoms with Gasteiger partial charge in [0.25, 0.3) is 5.97 Å². The molecule has 0 spiro atoms. The monoisotopic (exact) mass is 171 g/mol. The molecule has 39 valence electrons. The summed E-state index contributed by atoms with van der Waals surface area (Å²) in [5.41, 5.74) is 0. The quantitative estimate of drug-likeness (QED) is 0.524. The van der Waals surface area contributed by atoms with Crippen LogP contribution in [0.2, 0.25) is 0 Å². The molecule has 0 aliphatic rings. The number of carbonyl (C=O) groups is 1. The van der Waals surface area contributed by atoms with E-state index >= 15 is 0 Å². The second-order valence-electron chi connectivity index (χ2n) is 0.519. The molecular formula is C2H4FeMnO2. The zero-order chi connectivity index (χ0) is 3.58. The van der Waals surface area contributed by atoms with Gasteiger partial charge in [0.15, 0.2) is 0 Å². The number of rotatable bonds is 0. The van der Waals surface area contributed by atoms with Crippen molar-refractivity contribution in [2.45, 2.75) is 6.92 Å². The molecule has 0 aromatic carbocycles. The summed E-state index contributed by atoms with van der Waals surface area (Å²) in [6, 6.07) is 0. The Morgan fingerprint density at radius 1 is 1.67 bits per heavy atom. The second-order valence-corrected chi connectivity index (χ2v) is 0.519. The van der Waals surface area contributed by atoms with Gasteiger partial charge < -0.3 is 5.11 Å². The van der Waals surface area contributed by atoms with Crippen LogP contribution in [0.25, 0.3) is 0 Å². The third kappa shape index (κ3) is 214. The molecule has 0 fully saturated rings. The first-order valence-electron chi connectivity index (χ1n) is 0.928. The van der Waals surface area contributed by atoms with Crippen LogP contribution in [0.4, 0.5) is 0 Å². The molecule has 0 bridgehead atoms. The number of hydrogen-bond acceptors (Lipinski definition) is 1. The van der Waals surface area contributed by atoms with Crippen LogP contribution in [-0.2, 0) is 38.9 Å². The average molecular weight is 171 g/mol. The van der Waals surface area contributed by atoms with Crippen molar-refractivity contribution in [1.82, 2.24) is 0 Å². The summed E-state index contributed by atoms with van der Waals surface area (Å²) in [5.74, 6) is -0.833. The summed E-state index contributed by atoms with van der Waals surface area (Å²) >= 11 is 0. The summed E-state index contributed by atoms with van der Waals surface area (Å²) in [4.78, 5) is 9.00. The Balaban J connectivity index is -0.0000000450. The SMILES string of the molecule is CC(=O)O.[Fe].[Mn]. The van der Waals surface area contributed by atoms with E-state index in [1.165, 1.54) is 0 Å². The fourth-order valence-electron chi connectivity index (χ4n) is 0. The summed E-state index contributed by atoms with van der Waals surface area (Å²) in [6.07, 6.45) is 0. The minimum atomic E-state index is -0.833. The smallest absolute Gasteiger partial charge is 0.300 e. The molecule has 4 heteroatoms. The van der Waals surface area contributed by atoms with Crippen molar-refractivity contribution in [2.24, 2.45) is 0 Å². The van der Waals surface area contributed by atoms with E-state index in [-0.39, 0.29) is 34.1 Å². The zero-order valence-electron chi connectivity index (χ0n) is 3.09. The Labute approximate surface area is 57.3 Å². The van der Waals surface area contributed by atoms with Crippen LogP contribution < -0.4 is 0 Å². The molecule has 1 N–H and O–H groups in total. The summed E-state index contributed by atoms with van der Waals surface area (Å²) in [6.45, 7) is 1.08. The van der Waals surface area contributed by atoms with Crippen LogP contribution in [0.3, 0.4) is 0 Å². The van der Waals surface area contributed by atoms with E-state index in [1.807, 2.05) is 0 Å². The molecule has 0 aliphatic carbocycles. The van der Waals surface area contributed by atoms with Gasteiger partial charge in [-0.1, -0.05) is 0 Å². The van der Waals surface area contributed by atoms with Gasteiger partial charge in [-0.2, -0.15) is 0 Å². The van der Waals surface area contributed by atoms with Crippen LogP contribution in [0.5, 0.6) is 0 Å². The Hall–Kier alpha value is 0.509. The molecule has 0 aromatic heterocycles. The maximum atomic E-state index is 9.00. The van der Waals surface area contributed by atoms with Crippen molar-refractivity contribution in [3.63, 3.8) is 0 Å². The van der Waals surface area contributed by atoms with E-state index in [9.17, 15) is 0 Å². The van der Waals surface area contributed by atoms with Gasteiger partial charge in [-0.15, -0.1) is 0 Å². The van der Waals surface area contributed by atoms with E-state index in [0.717, 1.165) is 6.92 Å². The predicted molar refractivity (Wildman–Crippen MR) is 13.3 cm³/mol. The number of carboxylic acid groups (broad SMARTS) is 1. The van der Waals surface area contributed by atoms with E-state index in [4.69, 9.17) is 9.90 Å². The van der Waals surface area contributed by atoms with E-state index in [0.29, 0.717) is 0 Å². The third-order valence-electron chi connectivity index (χ3n) is 0. The number of carboxylic acids is 1. The van der Waals surface area contributed by atoms with Crippen molar-refractivity contribution in [3.8, 4) is 0 Å². The van der Waals surface area contributed by atoms with Gasteiger partial charge in [-0.25, -0.2) is 0 Å². The molecule has 0 aliphatic heterocycles. The molecule has 0 saturated carbocycles. The van der Waals surface area contributed by atoms with Crippen molar-refractivity contribution in [3.05, 3.63) is 0 Å². The molecule has 0 saturated heterocycles. The van der Waals surface area contributed by atoms with Gasteiger partial charge in [0, 0.05) is 41.1 Å². The molecular weight excluding hydrogens is 167 g/mol. The Bertz CT molecular complexity index is 34.5. The van der Waals surface area contributed by atoms with Gasteiger partial charge in [-0.3, -0.25) is 4.79 Å². The third-order valence-corrected chi connectivity index (χ3v) is 0. The Morgan fingerprint density at radius 3 is 1.67 bits per heavy atom. The first-order chi connectivity index (χ1) is 1.73. The van der Waals surface area contributed by atoms with Crippen molar-refractivity contribution in [2.75, 3.05) is 0 Å². The Kier molecular flexibility index (Phi) is 24.3. The fourth-order valence-corrected chi connectivity index (χ4v) is 0. The molecule has 0 rings (SSSR count). The second kappa shape index (κ2) is 9.10.